The molecule has 0 aromatic heterocycles. The van der Waals surface area contributed by atoms with Crippen LogP contribution in [0.2, 0.25) is 0 Å². The van der Waals surface area contributed by atoms with E-state index in [2.05, 4.69) is 5.32 Å². The molecule has 0 fully saturated rings. The molecule has 110 valence electrons. The van der Waals surface area contributed by atoms with Crippen molar-refractivity contribution in [2.24, 2.45) is 5.73 Å². The van der Waals surface area contributed by atoms with Crippen LogP contribution in [0, 0.1) is 0 Å². The fourth-order valence-electron chi connectivity index (χ4n) is 1.47. The van der Waals surface area contributed by atoms with E-state index in [0.717, 1.165) is 6.07 Å². The molecule has 1 aromatic carbocycles. The van der Waals surface area contributed by atoms with Crippen LogP contribution in [0.15, 0.2) is 18.2 Å². The summed E-state index contributed by atoms with van der Waals surface area (Å²) < 4.78 is 37.9. The molecule has 0 atom stereocenters. The van der Waals surface area contributed by atoms with E-state index in [1.54, 1.807) is 0 Å². The highest BCUT2D eigenvalue weighted by Crippen LogP contribution is 2.32. The molecule has 0 aliphatic rings. The van der Waals surface area contributed by atoms with Gasteiger partial charge in [-0.1, -0.05) is 0 Å². The lowest BCUT2D eigenvalue weighted by molar-refractivity contribution is -0.137. The van der Waals surface area contributed by atoms with Crippen molar-refractivity contribution in [1.82, 2.24) is 0 Å². The molecule has 1 aromatic rings. The van der Waals surface area contributed by atoms with Crippen LogP contribution in [0.1, 0.15) is 28.8 Å². The van der Waals surface area contributed by atoms with E-state index in [9.17, 15) is 22.8 Å². The van der Waals surface area contributed by atoms with Crippen LogP contribution < -0.4 is 11.1 Å². The first-order valence-corrected chi connectivity index (χ1v) is 5.69. The van der Waals surface area contributed by atoms with Gasteiger partial charge in [0.05, 0.1) is 11.1 Å². The van der Waals surface area contributed by atoms with Gasteiger partial charge in [-0.05, 0) is 31.2 Å². The number of nitrogens with one attached hydrogen (secondary N) is 1. The van der Waals surface area contributed by atoms with E-state index in [1.165, 1.54) is 0 Å². The van der Waals surface area contributed by atoms with Crippen LogP contribution in [-0.2, 0) is 11.0 Å². The van der Waals surface area contributed by atoms with Gasteiger partial charge in [0.1, 0.15) is 0 Å². The molecule has 1 amide bonds. The normalized spacial score (nSPS) is 11.2. The van der Waals surface area contributed by atoms with Gasteiger partial charge < -0.3 is 16.2 Å². The second kappa shape index (κ2) is 6.38. The molecular formula is C12H13F3N2O3. The Labute approximate surface area is 112 Å². The van der Waals surface area contributed by atoms with Gasteiger partial charge in [0.2, 0.25) is 5.91 Å². The minimum absolute atomic E-state index is 0.0507. The molecule has 0 bridgehead atoms. The number of carboxylic acids is 1. The van der Waals surface area contributed by atoms with Crippen LogP contribution in [0.5, 0.6) is 0 Å². The molecule has 1 rings (SSSR count). The van der Waals surface area contributed by atoms with Crippen molar-refractivity contribution >= 4 is 17.6 Å². The van der Waals surface area contributed by atoms with Crippen molar-refractivity contribution in [3.05, 3.63) is 29.3 Å². The fourth-order valence-corrected chi connectivity index (χ4v) is 1.47. The van der Waals surface area contributed by atoms with E-state index in [-0.39, 0.29) is 18.7 Å². The first-order valence-electron chi connectivity index (χ1n) is 5.69. The summed E-state index contributed by atoms with van der Waals surface area (Å²) in [6, 6.07) is 2.17. The van der Waals surface area contributed by atoms with Gasteiger partial charge in [-0.3, -0.25) is 4.79 Å². The molecule has 5 nitrogen and oxygen atoms in total. The van der Waals surface area contributed by atoms with Crippen LogP contribution in [0.4, 0.5) is 18.9 Å². The Morgan fingerprint density at radius 3 is 2.40 bits per heavy atom. The Hall–Kier alpha value is -2.09. The minimum Gasteiger partial charge on any atom is -0.478 e. The second-order valence-electron chi connectivity index (χ2n) is 4.04. The molecule has 4 N–H and O–H groups in total. The predicted molar refractivity (Wildman–Crippen MR) is 65.3 cm³/mol. The lowest BCUT2D eigenvalue weighted by Gasteiger charge is -2.11. The van der Waals surface area contributed by atoms with Gasteiger partial charge in [0.25, 0.3) is 0 Å². The molecule has 0 unspecified atom stereocenters. The Morgan fingerprint density at radius 2 is 1.90 bits per heavy atom. The highest BCUT2D eigenvalue weighted by Gasteiger charge is 2.32. The summed E-state index contributed by atoms with van der Waals surface area (Å²) in [5.41, 5.74) is 3.32. The number of halogens is 3. The third-order valence-electron chi connectivity index (χ3n) is 2.40. The molecule has 0 aliphatic heterocycles. The monoisotopic (exact) mass is 290 g/mol. The third kappa shape index (κ3) is 4.54. The molecule has 0 radical (unpaired) electrons. The predicted octanol–water partition coefficient (Wildman–Crippen LogP) is 2.08. The number of hydrogen-bond donors (Lipinski definition) is 3. The summed E-state index contributed by atoms with van der Waals surface area (Å²) in [7, 11) is 0. The van der Waals surface area contributed by atoms with Crippen molar-refractivity contribution in [1.29, 1.82) is 0 Å². The van der Waals surface area contributed by atoms with E-state index in [1.807, 2.05) is 0 Å². The topological polar surface area (TPSA) is 92.4 Å². The molecule has 8 heteroatoms. The van der Waals surface area contributed by atoms with Crippen LogP contribution in [0.3, 0.4) is 0 Å². The summed E-state index contributed by atoms with van der Waals surface area (Å²) in [5.74, 6) is -2.03. The SMILES string of the molecule is NCCCC(=O)Nc1cc(C(=O)O)cc(C(F)(F)F)c1. The molecule has 0 saturated heterocycles. The van der Waals surface area contributed by atoms with E-state index < -0.39 is 29.2 Å². The number of hydrogen-bond acceptors (Lipinski definition) is 3. The third-order valence-corrected chi connectivity index (χ3v) is 2.40. The summed E-state index contributed by atoms with van der Waals surface area (Å²) in [6.45, 7) is 0.274. The van der Waals surface area contributed by atoms with Gasteiger partial charge in [0, 0.05) is 12.1 Å². The van der Waals surface area contributed by atoms with E-state index >= 15 is 0 Å². The van der Waals surface area contributed by atoms with Gasteiger partial charge in [-0.25, -0.2) is 4.79 Å². The summed E-state index contributed by atoms with van der Waals surface area (Å²) in [6.07, 6.45) is -4.26. The van der Waals surface area contributed by atoms with Crippen LogP contribution in [-0.4, -0.2) is 23.5 Å². The lowest BCUT2D eigenvalue weighted by Crippen LogP contribution is -2.15. The highest BCUT2D eigenvalue weighted by atomic mass is 19.4. The number of carbonyl (C=O) groups is 2. The zero-order chi connectivity index (χ0) is 15.3. The summed E-state index contributed by atoms with van der Waals surface area (Å²) in [4.78, 5) is 22.2. The van der Waals surface area contributed by atoms with Gasteiger partial charge in [0.15, 0.2) is 0 Å². The Kier molecular flexibility index (Phi) is 5.09. The quantitative estimate of drug-likeness (QED) is 0.774. The van der Waals surface area contributed by atoms with E-state index in [0.29, 0.717) is 18.6 Å². The first-order chi connectivity index (χ1) is 9.24. The van der Waals surface area contributed by atoms with Gasteiger partial charge >= 0.3 is 12.1 Å². The maximum atomic E-state index is 12.6. The molecule has 0 heterocycles. The fraction of sp³-hybridized carbons (Fsp3) is 0.333. The number of carboxylic acid groups (broad SMARTS) is 1. The molecule has 0 spiro atoms. The molecule has 20 heavy (non-hydrogen) atoms. The van der Waals surface area contributed by atoms with Gasteiger partial charge in [-0.15, -0.1) is 0 Å². The Balaban J connectivity index is 3.04. The molecule has 0 saturated carbocycles. The molecule has 0 aliphatic carbocycles. The Bertz CT molecular complexity index is 515. The zero-order valence-corrected chi connectivity index (χ0v) is 10.3. The van der Waals surface area contributed by atoms with Crippen molar-refractivity contribution in [2.45, 2.75) is 19.0 Å². The average molecular weight is 290 g/mol. The zero-order valence-electron chi connectivity index (χ0n) is 10.3. The maximum absolute atomic E-state index is 12.6. The van der Waals surface area contributed by atoms with Crippen molar-refractivity contribution in [2.75, 3.05) is 11.9 Å². The summed E-state index contributed by atoms with van der Waals surface area (Å²) in [5, 5.41) is 11.0. The number of carbonyl (C=O) groups excluding carboxylic acids is 1. The number of rotatable bonds is 5. The molecular weight excluding hydrogens is 277 g/mol. The van der Waals surface area contributed by atoms with Crippen LogP contribution >= 0.6 is 0 Å². The second-order valence-corrected chi connectivity index (χ2v) is 4.04. The van der Waals surface area contributed by atoms with E-state index in [4.69, 9.17) is 10.8 Å². The summed E-state index contributed by atoms with van der Waals surface area (Å²) >= 11 is 0. The maximum Gasteiger partial charge on any atom is 0.416 e. The van der Waals surface area contributed by atoms with Crippen molar-refractivity contribution in [3.8, 4) is 0 Å². The average Bonchev–Trinajstić information content (AvgIpc) is 2.34. The van der Waals surface area contributed by atoms with Crippen molar-refractivity contribution < 1.29 is 27.9 Å². The number of benzene rings is 1. The lowest BCUT2D eigenvalue weighted by atomic mass is 10.1. The number of alkyl halides is 3. The minimum atomic E-state index is -4.69. The standard InChI is InChI=1S/C12H13F3N2O3/c13-12(14,15)8-4-7(11(19)20)5-9(6-8)17-10(18)2-1-3-16/h4-6H,1-3,16H2,(H,17,18)(H,19,20). The first kappa shape index (κ1) is 16.0. The van der Waals surface area contributed by atoms with Crippen molar-refractivity contribution in [3.63, 3.8) is 0 Å². The number of nitrogens with two attached hydrogens (primary N) is 1. The van der Waals surface area contributed by atoms with Gasteiger partial charge in [-0.2, -0.15) is 13.2 Å². The number of aromatic carboxylic acids is 1. The largest absolute Gasteiger partial charge is 0.478 e. The highest BCUT2D eigenvalue weighted by molar-refractivity contribution is 5.94. The van der Waals surface area contributed by atoms with Crippen LogP contribution in [0.25, 0.3) is 0 Å². The smallest absolute Gasteiger partial charge is 0.416 e. The number of anilines is 1. The Morgan fingerprint density at radius 1 is 1.25 bits per heavy atom. The number of amides is 1.